The number of aryl methyl sites for hydroxylation is 2. The predicted molar refractivity (Wildman–Crippen MR) is 108 cm³/mol. The molecule has 1 aromatic carbocycles. The molecule has 134 valence electrons. The van der Waals surface area contributed by atoms with Crippen LogP contribution in [0.4, 0.5) is 0 Å². The summed E-state index contributed by atoms with van der Waals surface area (Å²) in [5.74, 6) is 0.0397. The van der Waals surface area contributed by atoms with Gasteiger partial charge in [-0.3, -0.25) is 14.6 Å². The number of thiocarbonyl (C=S) groups is 1. The van der Waals surface area contributed by atoms with Crippen molar-refractivity contribution in [2.45, 2.75) is 20.3 Å². The summed E-state index contributed by atoms with van der Waals surface area (Å²) in [6, 6.07) is 6.29. The van der Waals surface area contributed by atoms with Gasteiger partial charge >= 0.3 is 0 Å². The van der Waals surface area contributed by atoms with E-state index in [-0.39, 0.29) is 5.91 Å². The topological polar surface area (TPSA) is 32.8 Å². The second-order valence-electron chi connectivity index (χ2n) is 6.50. The molecule has 0 aromatic heterocycles. The lowest BCUT2D eigenvalue weighted by atomic mass is 10.1. The quantitative estimate of drug-likeness (QED) is 0.582. The van der Waals surface area contributed by atoms with Crippen molar-refractivity contribution in [3.63, 3.8) is 0 Å². The molecule has 0 spiro atoms. The molecular weight excluding hydrogens is 352 g/mol. The molecule has 2 heterocycles. The molecule has 2 aliphatic heterocycles. The van der Waals surface area contributed by atoms with Crippen LogP contribution in [0.3, 0.4) is 0 Å². The van der Waals surface area contributed by atoms with E-state index in [9.17, 15) is 4.79 Å². The zero-order chi connectivity index (χ0) is 17.8. The van der Waals surface area contributed by atoms with Gasteiger partial charge in [-0.25, -0.2) is 0 Å². The zero-order valence-corrected chi connectivity index (χ0v) is 16.4. The van der Waals surface area contributed by atoms with E-state index in [1.807, 2.05) is 6.08 Å². The first-order valence-corrected chi connectivity index (χ1v) is 9.90. The maximum Gasteiger partial charge on any atom is 0.266 e. The first-order chi connectivity index (χ1) is 12.0. The van der Waals surface area contributed by atoms with E-state index < -0.39 is 0 Å². The van der Waals surface area contributed by atoms with E-state index >= 15 is 0 Å². The molecular formula is C19H24N2O2S2. The molecule has 25 heavy (non-hydrogen) atoms. The van der Waals surface area contributed by atoms with E-state index in [1.165, 1.54) is 22.9 Å². The van der Waals surface area contributed by atoms with Crippen LogP contribution in [0.2, 0.25) is 0 Å². The van der Waals surface area contributed by atoms with Gasteiger partial charge in [0.2, 0.25) is 0 Å². The number of thioether (sulfide) groups is 1. The van der Waals surface area contributed by atoms with E-state index in [0.717, 1.165) is 49.7 Å². The smallest absolute Gasteiger partial charge is 0.266 e. The largest absolute Gasteiger partial charge is 0.379 e. The number of carbonyl (C=O) groups excluding carboxylic acids is 1. The third-order valence-electron chi connectivity index (χ3n) is 4.55. The molecule has 0 N–H and O–H groups in total. The van der Waals surface area contributed by atoms with Crippen molar-refractivity contribution in [2.75, 3.05) is 39.4 Å². The third-order valence-corrected chi connectivity index (χ3v) is 5.93. The molecule has 0 aliphatic carbocycles. The van der Waals surface area contributed by atoms with E-state index in [1.54, 1.807) is 4.90 Å². The van der Waals surface area contributed by atoms with Crippen LogP contribution in [0.15, 0.2) is 23.1 Å². The van der Waals surface area contributed by atoms with Gasteiger partial charge in [-0.1, -0.05) is 47.7 Å². The Kier molecular flexibility index (Phi) is 6.28. The number of rotatable bonds is 5. The monoisotopic (exact) mass is 376 g/mol. The lowest BCUT2D eigenvalue weighted by Gasteiger charge is -2.27. The normalized spacial score (nSPS) is 20.7. The van der Waals surface area contributed by atoms with Crippen molar-refractivity contribution in [1.29, 1.82) is 0 Å². The molecule has 6 heteroatoms. The van der Waals surface area contributed by atoms with Crippen LogP contribution >= 0.6 is 24.0 Å². The predicted octanol–water partition coefficient (Wildman–Crippen LogP) is 3.23. The van der Waals surface area contributed by atoms with Crippen LogP contribution in [0, 0.1) is 13.8 Å². The van der Waals surface area contributed by atoms with Gasteiger partial charge in [0.1, 0.15) is 4.32 Å². The van der Waals surface area contributed by atoms with E-state index in [0.29, 0.717) is 10.9 Å². The molecule has 1 amide bonds. The summed E-state index contributed by atoms with van der Waals surface area (Å²) in [6.45, 7) is 9.36. The van der Waals surface area contributed by atoms with Crippen molar-refractivity contribution in [3.8, 4) is 0 Å². The Labute approximate surface area is 159 Å². The van der Waals surface area contributed by atoms with Crippen molar-refractivity contribution in [2.24, 2.45) is 0 Å². The molecule has 0 saturated carbocycles. The van der Waals surface area contributed by atoms with Crippen LogP contribution in [-0.4, -0.2) is 59.4 Å². The van der Waals surface area contributed by atoms with Gasteiger partial charge in [0.05, 0.1) is 18.1 Å². The first kappa shape index (κ1) is 18.6. The van der Waals surface area contributed by atoms with Gasteiger partial charge in [0.25, 0.3) is 5.91 Å². The minimum absolute atomic E-state index is 0.0397. The summed E-state index contributed by atoms with van der Waals surface area (Å²) in [7, 11) is 0. The molecule has 0 unspecified atom stereocenters. The van der Waals surface area contributed by atoms with E-state index in [4.69, 9.17) is 17.0 Å². The molecule has 0 bridgehead atoms. The Hall–Kier alpha value is -1.21. The highest BCUT2D eigenvalue weighted by molar-refractivity contribution is 8.26. The summed E-state index contributed by atoms with van der Waals surface area (Å²) in [4.78, 5) is 17.6. The first-order valence-electron chi connectivity index (χ1n) is 8.67. The molecule has 0 atom stereocenters. The summed E-state index contributed by atoms with van der Waals surface area (Å²) < 4.78 is 6.03. The van der Waals surface area contributed by atoms with Crippen LogP contribution in [0.5, 0.6) is 0 Å². The maximum atomic E-state index is 12.7. The molecule has 2 fully saturated rings. The van der Waals surface area contributed by atoms with Gasteiger partial charge in [0, 0.05) is 26.2 Å². The number of amides is 1. The fraction of sp³-hybridized carbons (Fsp3) is 0.474. The highest BCUT2D eigenvalue weighted by Gasteiger charge is 2.31. The molecule has 3 rings (SSSR count). The number of nitrogens with zero attached hydrogens (tertiary/aromatic N) is 2. The minimum atomic E-state index is 0.0397. The van der Waals surface area contributed by atoms with Crippen LogP contribution in [0.1, 0.15) is 23.1 Å². The van der Waals surface area contributed by atoms with Gasteiger partial charge in [-0.05, 0) is 37.5 Å². The SMILES string of the molecule is Cc1ccc(C)c(/C=C2\SC(=S)N(CCCN3CCOCC3)C2=O)c1. The van der Waals surface area contributed by atoms with Crippen LogP contribution < -0.4 is 0 Å². The Morgan fingerprint density at radius 2 is 2.00 bits per heavy atom. The fourth-order valence-corrected chi connectivity index (χ4v) is 4.33. The molecule has 1 aromatic rings. The van der Waals surface area contributed by atoms with Crippen LogP contribution in [0.25, 0.3) is 6.08 Å². The minimum Gasteiger partial charge on any atom is -0.379 e. The fourth-order valence-electron chi connectivity index (χ4n) is 3.03. The number of hydrogen-bond acceptors (Lipinski definition) is 5. The molecule has 2 saturated heterocycles. The summed E-state index contributed by atoms with van der Waals surface area (Å²) in [5.41, 5.74) is 3.45. The Morgan fingerprint density at radius 1 is 1.24 bits per heavy atom. The second kappa shape index (κ2) is 8.45. The van der Waals surface area contributed by atoms with Crippen molar-refractivity contribution >= 4 is 40.3 Å². The lowest BCUT2D eigenvalue weighted by molar-refractivity contribution is -0.122. The number of ether oxygens (including phenoxy) is 1. The average molecular weight is 377 g/mol. The molecule has 2 aliphatic rings. The van der Waals surface area contributed by atoms with Gasteiger partial charge in [-0.15, -0.1) is 0 Å². The molecule has 4 nitrogen and oxygen atoms in total. The van der Waals surface area contributed by atoms with Crippen molar-refractivity contribution in [1.82, 2.24) is 9.80 Å². The number of carbonyl (C=O) groups is 1. The average Bonchev–Trinajstić information content (AvgIpc) is 2.86. The second-order valence-corrected chi connectivity index (χ2v) is 8.18. The maximum absolute atomic E-state index is 12.7. The zero-order valence-electron chi connectivity index (χ0n) is 14.8. The highest BCUT2D eigenvalue weighted by Crippen LogP contribution is 2.33. The summed E-state index contributed by atoms with van der Waals surface area (Å²) >= 11 is 6.85. The lowest BCUT2D eigenvalue weighted by Crippen LogP contribution is -2.38. The Bertz CT molecular complexity index is 697. The Morgan fingerprint density at radius 3 is 2.76 bits per heavy atom. The highest BCUT2D eigenvalue weighted by atomic mass is 32.2. The van der Waals surface area contributed by atoms with Gasteiger partial charge in [0.15, 0.2) is 0 Å². The van der Waals surface area contributed by atoms with Gasteiger partial charge < -0.3 is 4.74 Å². The van der Waals surface area contributed by atoms with Crippen molar-refractivity contribution in [3.05, 3.63) is 39.8 Å². The van der Waals surface area contributed by atoms with Crippen molar-refractivity contribution < 1.29 is 9.53 Å². The standard InChI is InChI=1S/C19H24N2O2S2/c1-14-4-5-15(2)16(12-14)13-17-18(22)21(19(24)25-17)7-3-6-20-8-10-23-11-9-20/h4-5,12-13H,3,6-11H2,1-2H3/b17-13-. The number of hydrogen-bond donors (Lipinski definition) is 0. The summed E-state index contributed by atoms with van der Waals surface area (Å²) in [6.07, 6.45) is 2.91. The third kappa shape index (κ3) is 4.70. The Balaban J connectivity index is 1.61. The number of morpholine rings is 1. The van der Waals surface area contributed by atoms with E-state index in [2.05, 4.69) is 36.9 Å². The van der Waals surface area contributed by atoms with Gasteiger partial charge in [-0.2, -0.15) is 0 Å². The summed E-state index contributed by atoms with van der Waals surface area (Å²) in [5, 5.41) is 0. The number of benzene rings is 1. The van der Waals surface area contributed by atoms with Crippen LogP contribution in [-0.2, 0) is 9.53 Å². The molecule has 0 radical (unpaired) electrons.